The lowest BCUT2D eigenvalue weighted by Crippen LogP contribution is -2.40. The van der Waals surface area contributed by atoms with Crippen molar-refractivity contribution >= 4 is 11.7 Å². The van der Waals surface area contributed by atoms with E-state index in [1.807, 2.05) is 25.7 Å². The molecule has 2 aromatic rings. The van der Waals surface area contributed by atoms with E-state index >= 15 is 0 Å². The number of fused-ring (bicyclic) bond motifs is 1. The first kappa shape index (κ1) is 21.4. The van der Waals surface area contributed by atoms with E-state index in [2.05, 4.69) is 17.0 Å². The van der Waals surface area contributed by atoms with Gasteiger partial charge in [-0.1, -0.05) is 19.0 Å². The molecule has 1 atom stereocenters. The van der Waals surface area contributed by atoms with Crippen LogP contribution in [0.15, 0.2) is 4.52 Å². The molecule has 7 nitrogen and oxygen atoms in total. The van der Waals surface area contributed by atoms with Gasteiger partial charge in [-0.25, -0.2) is 9.97 Å². The van der Waals surface area contributed by atoms with Crippen LogP contribution in [0.2, 0.25) is 0 Å². The van der Waals surface area contributed by atoms with Crippen molar-refractivity contribution in [3.8, 4) is 0 Å². The second-order valence-electron chi connectivity index (χ2n) is 10.2. The molecular formula is C25H35N5O2. The molecule has 0 bridgehead atoms. The zero-order valence-corrected chi connectivity index (χ0v) is 19.9. The summed E-state index contributed by atoms with van der Waals surface area (Å²) in [6.45, 7) is 11.7. The molecule has 0 spiro atoms. The lowest BCUT2D eigenvalue weighted by atomic mass is 9.94. The first-order valence-electron chi connectivity index (χ1n) is 12.3. The molecule has 1 amide bonds. The van der Waals surface area contributed by atoms with Gasteiger partial charge in [0.15, 0.2) is 0 Å². The second kappa shape index (κ2) is 8.49. The smallest absolute Gasteiger partial charge is 0.259 e. The molecule has 2 fully saturated rings. The first-order valence-corrected chi connectivity index (χ1v) is 12.3. The van der Waals surface area contributed by atoms with Gasteiger partial charge in [0, 0.05) is 43.4 Å². The molecule has 1 aliphatic carbocycles. The number of carbonyl (C=O) groups is 1. The molecule has 0 aromatic carbocycles. The molecule has 5 rings (SSSR count). The van der Waals surface area contributed by atoms with Crippen LogP contribution in [0.5, 0.6) is 0 Å². The molecular weight excluding hydrogens is 402 g/mol. The Morgan fingerprint density at radius 1 is 1.12 bits per heavy atom. The van der Waals surface area contributed by atoms with E-state index < -0.39 is 0 Å². The van der Waals surface area contributed by atoms with E-state index in [9.17, 15) is 4.79 Å². The van der Waals surface area contributed by atoms with Crippen LogP contribution in [0, 0.1) is 19.8 Å². The Hall–Kier alpha value is -2.44. The number of rotatable bonds is 5. The van der Waals surface area contributed by atoms with Crippen molar-refractivity contribution < 1.29 is 9.32 Å². The molecule has 1 saturated carbocycles. The largest absolute Gasteiger partial charge is 0.361 e. The quantitative estimate of drug-likeness (QED) is 0.691. The average Bonchev–Trinajstić information content (AvgIpc) is 3.52. The fraction of sp³-hybridized carbons (Fsp3) is 0.680. The molecule has 32 heavy (non-hydrogen) atoms. The van der Waals surface area contributed by atoms with Gasteiger partial charge in [0.2, 0.25) is 0 Å². The number of likely N-dealkylation sites (tertiary alicyclic amines) is 1. The maximum Gasteiger partial charge on any atom is 0.259 e. The minimum atomic E-state index is 0.0298. The summed E-state index contributed by atoms with van der Waals surface area (Å²) in [5.41, 5.74) is 3.84. The molecule has 0 radical (unpaired) electrons. The Bertz CT molecular complexity index is 1010. The number of nitrogens with zero attached hydrogens (tertiary/aromatic N) is 5. The number of hydrogen-bond donors (Lipinski definition) is 0. The number of aromatic nitrogens is 3. The minimum absolute atomic E-state index is 0.0298. The monoisotopic (exact) mass is 437 g/mol. The van der Waals surface area contributed by atoms with Gasteiger partial charge in [-0.15, -0.1) is 0 Å². The molecule has 1 saturated heterocycles. The predicted molar refractivity (Wildman–Crippen MR) is 123 cm³/mol. The van der Waals surface area contributed by atoms with Crippen LogP contribution in [0.1, 0.15) is 96.7 Å². The van der Waals surface area contributed by atoms with E-state index in [1.165, 1.54) is 24.8 Å². The lowest BCUT2D eigenvalue weighted by molar-refractivity contribution is 0.0701. The highest BCUT2D eigenvalue weighted by molar-refractivity contribution is 5.96. The van der Waals surface area contributed by atoms with Gasteiger partial charge in [-0.05, 0) is 64.2 Å². The standard InChI is InChI=1S/C25H35N5O2/c1-15(2)22-21(17(4)32-28-22)25(31)30-12-5-7-19(14-30)23-26-16(3)20-8-6-11-29(24(20)27-23)13-18-9-10-18/h15,18-19H,5-14H2,1-4H3/t19-/m1/s1. The Labute approximate surface area is 190 Å². The third-order valence-electron chi connectivity index (χ3n) is 7.26. The zero-order valence-electron chi connectivity index (χ0n) is 19.9. The summed E-state index contributed by atoms with van der Waals surface area (Å²) in [5, 5.41) is 4.15. The summed E-state index contributed by atoms with van der Waals surface area (Å²) in [4.78, 5) is 28.0. The highest BCUT2D eigenvalue weighted by Crippen LogP contribution is 2.36. The number of amides is 1. The van der Waals surface area contributed by atoms with Gasteiger partial charge in [-0.2, -0.15) is 0 Å². The molecule has 0 unspecified atom stereocenters. The summed E-state index contributed by atoms with van der Waals surface area (Å²) in [6.07, 6.45) is 6.94. The minimum Gasteiger partial charge on any atom is -0.361 e. The number of hydrogen-bond acceptors (Lipinski definition) is 6. The molecule has 4 heterocycles. The van der Waals surface area contributed by atoms with Crippen molar-refractivity contribution in [1.29, 1.82) is 0 Å². The van der Waals surface area contributed by atoms with E-state index in [1.54, 1.807) is 0 Å². The van der Waals surface area contributed by atoms with Crippen molar-refractivity contribution in [2.45, 2.75) is 78.1 Å². The van der Waals surface area contributed by atoms with Crippen LogP contribution in [0.25, 0.3) is 0 Å². The summed E-state index contributed by atoms with van der Waals surface area (Å²) >= 11 is 0. The number of piperidine rings is 1. The van der Waals surface area contributed by atoms with Crippen LogP contribution >= 0.6 is 0 Å². The summed E-state index contributed by atoms with van der Waals surface area (Å²) in [6, 6.07) is 0. The van der Waals surface area contributed by atoms with Crippen molar-refractivity contribution in [2.75, 3.05) is 31.1 Å². The Balaban J connectivity index is 1.39. The summed E-state index contributed by atoms with van der Waals surface area (Å²) in [5.74, 6) is 3.86. The lowest BCUT2D eigenvalue weighted by Gasteiger charge is -2.34. The van der Waals surface area contributed by atoms with Gasteiger partial charge < -0.3 is 14.3 Å². The SMILES string of the molecule is Cc1nc([C@@H]2CCCN(C(=O)c3c(C(C)C)noc3C)C2)nc2c1CCCN2CC1CC1. The van der Waals surface area contributed by atoms with Crippen molar-refractivity contribution in [3.63, 3.8) is 0 Å². The molecule has 2 aromatic heterocycles. The van der Waals surface area contributed by atoms with Gasteiger partial charge in [0.1, 0.15) is 23.0 Å². The highest BCUT2D eigenvalue weighted by atomic mass is 16.5. The second-order valence-corrected chi connectivity index (χ2v) is 10.2. The Morgan fingerprint density at radius 2 is 1.94 bits per heavy atom. The normalized spacial score (nSPS) is 21.2. The van der Waals surface area contributed by atoms with E-state index in [4.69, 9.17) is 14.5 Å². The van der Waals surface area contributed by atoms with Crippen molar-refractivity contribution in [2.24, 2.45) is 5.92 Å². The van der Waals surface area contributed by atoms with Crippen LogP contribution in [-0.2, 0) is 6.42 Å². The maximum absolute atomic E-state index is 13.4. The van der Waals surface area contributed by atoms with Gasteiger partial charge in [-0.3, -0.25) is 4.79 Å². The predicted octanol–water partition coefficient (Wildman–Crippen LogP) is 4.39. The fourth-order valence-electron chi connectivity index (χ4n) is 5.26. The van der Waals surface area contributed by atoms with Gasteiger partial charge in [0.05, 0.1) is 5.69 Å². The van der Waals surface area contributed by atoms with Crippen molar-refractivity contribution in [3.05, 3.63) is 34.1 Å². The first-order chi connectivity index (χ1) is 15.4. The van der Waals surface area contributed by atoms with Crippen LogP contribution < -0.4 is 4.90 Å². The van der Waals surface area contributed by atoms with Crippen LogP contribution in [0.3, 0.4) is 0 Å². The van der Waals surface area contributed by atoms with Crippen LogP contribution in [0.4, 0.5) is 5.82 Å². The third kappa shape index (κ3) is 4.02. The molecule has 7 heteroatoms. The van der Waals surface area contributed by atoms with E-state index in [0.717, 1.165) is 67.8 Å². The molecule has 3 aliphatic rings. The van der Waals surface area contributed by atoms with Gasteiger partial charge in [0.25, 0.3) is 5.91 Å². The van der Waals surface area contributed by atoms with E-state index in [-0.39, 0.29) is 17.7 Å². The molecule has 172 valence electrons. The number of carbonyl (C=O) groups excluding carboxylic acids is 1. The summed E-state index contributed by atoms with van der Waals surface area (Å²) < 4.78 is 5.38. The van der Waals surface area contributed by atoms with E-state index in [0.29, 0.717) is 17.9 Å². The number of aryl methyl sites for hydroxylation is 2. The Kier molecular flexibility index (Phi) is 5.68. The zero-order chi connectivity index (χ0) is 22.4. The number of anilines is 1. The average molecular weight is 438 g/mol. The van der Waals surface area contributed by atoms with Crippen LogP contribution in [-0.4, -0.2) is 52.1 Å². The highest BCUT2D eigenvalue weighted by Gasteiger charge is 2.33. The Morgan fingerprint density at radius 3 is 2.69 bits per heavy atom. The van der Waals surface area contributed by atoms with Crippen molar-refractivity contribution in [1.82, 2.24) is 20.0 Å². The van der Waals surface area contributed by atoms with Gasteiger partial charge >= 0.3 is 0 Å². The fourth-order valence-corrected chi connectivity index (χ4v) is 5.26. The topological polar surface area (TPSA) is 75.4 Å². The third-order valence-corrected chi connectivity index (χ3v) is 7.26. The maximum atomic E-state index is 13.4. The molecule has 2 aliphatic heterocycles. The molecule has 0 N–H and O–H groups in total. The summed E-state index contributed by atoms with van der Waals surface area (Å²) in [7, 11) is 0.